The summed E-state index contributed by atoms with van der Waals surface area (Å²) >= 11 is 0. The summed E-state index contributed by atoms with van der Waals surface area (Å²) in [5.74, 6) is 0. The van der Waals surface area contributed by atoms with Crippen LogP contribution in [0.5, 0.6) is 0 Å². The summed E-state index contributed by atoms with van der Waals surface area (Å²) in [7, 11) is 2.95. The van der Waals surface area contributed by atoms with Crippen LogP contribution in [0.1, 0.15) is 54.4 Å². The maximum atomic E-state index is 5.93. The van der Waals surface area contributed by atoms with E-state index < -0.39 is 0 Å². The summed E-state index contributed by atoms with van der Waals surface area (Å²) in [6.07, 6.45) is 2.68. The van der Waals surface area contributed by atoms with Gasteiger partial charge in [-0.1, -0.05) is 20.3 Å². The largest absolute Gasteiger partial charge is 0.372 e. The molecular weight excluding hydrogens is 179 g/mol. The summed E-state index contributed by atoms with van der Waals surface area (Å²) in [6, 6.07) is 0. The predicted molar refractivity (Wildman–Crippen MR) is 63.3 cm³/mol. The number of rotatable bonds is 5. The van der Waals surface area contributed by atoms with Crippen LogP contribution in [-0.4, -0.2) is 16.9 Å². The van der Waals surface area contributed by atoms with Crippen molar-refractivity contribution < 1.29 is 4.74 Å². The minimum absolute atomic E-state index is 0.0676. The molecule has 0 aromatic rings. The average Bonchev–Trinajstić information content (AvgIpc) is 1.82. The van der Waals surface area contributed by atoms with Gasteiger partial charge in [-0.15, -0.1) is 9.24 Å². The summed E-state index contributed by atoms with van der Waals surface area (Å²) in [4.78, 5) is 0. The molecule has 0 aromatic carbocycles. The predicted octanol–water partition coefficient (Wildman–Crippen LogP) is 3.62. The SMILES string of the molecule is CCCC(C)(P)C(C)(C)OC(C)C. The van der Waals surface area contributed by atoms with Crippen molar-refractivity contribution in [2.75, 3.05) is 0 Å². The third-order valence-corrected chi connectivity index (χ3v) is 3.66. The van der Waals surface area contributed by atoms with Crippen molar-refractivity contribution in [1.29, 1.82) is 0 Å². The van der Waals surface area contributed by atoms with Gasteiger partial charge in [0.2, 0.25) is 0 Å². The van der Waals surface area contributed by atoms with Gasteiger partial charge >= 0.3 is 0 Å². The molecule has 0 aliphatic heterocycles. The quantitative estimate of drug-likeness (QED) is 0.621. The Morgan fingerprint density at radius 1 is 1.23 bits per heavy atom. The molecular formula is C11H25OP. The molecule has 0 bridgehead atoms. The van der Waals surface area contributed by atoms with Crippen molar-refractivity contribution in [3.63, 3.8) is 0 Å². The van der Waals surface area contributed by atoms with Gasteiger partial charge in [0.15, 0.2) is 0 Å². The minimum Gasteiger partial charge on any atom is -0.372 e. The monoisotopic (exact) mass is 204 g/mol. The first-order chi connectivity index (χ1) is 5.73. The summed E-state index contributed by atoms with van der Waals surface area (Å²) < 4.78 is 5.93. The highest BCUT2D eigenvalue weighted by molar-refractivity contribution is 7.19. The highest BCUT2D eigenvalue weighted by Crippen LogP contribution is 2.38. The van der Waals surface area contributed by atoms with Crippen molar-refractivity contribution in [3.8, 4) is 0 Å². The fraction of sp³-hybridized carbons (Fsp3) is 1.00. The van der Waals surface area contributed by atoms with Gasteiger partial charge in [-0.05, 0) is 34.1 Å². The van der Waals surface area contributed by atoms with Gasteiger partial charge in [0.05, 0.1) is 11.7 Å². The molecule has 0 radical (unpaired) electrons. The van der Waals surface area contributed by atoms with Gasteiger partial charge in [0.25, 0.3) is 0 Å². The first-order valence-corrected chi connectivity index (χ1v) is 5.77. The molecule has 80 valence electrons. The lowest BCUT2D eigenvalue weighted by Crippen LogP contribution is -2.46. The Morgan fingerprint density at radius 3 is 2.00 bits per heavy atom. The Bertz CT molecular complexity index is 150. The second-order valence-corrected chi connectivity index (χ2v) is 6.12. The molecule has 0 spiro atoms. The van der Waals surface area contributed by atoms with Gasteiger partial charge in [0, 0.05) is 5.16 Å². The average molecular weight is 204 g/mol. The van der Waals surface area contributed by atoms with Gasteiger partial charge < -0.3 is 4.74 Å². The maximum Gasteiger partial charge on any atom is 0.0717 e. The van der Waals surface area contributed by atoms with E-state index in [1.165, 1.54) is 12.8 Å². The number of hydrogen-bond donors (Lipinski definition) is 0. The van der Waals surface area contributed by atoms with Gasteiger partial charge in [-0.2, -0.15) is 0 Å². The standard InChI is InChI=1S/C11H25OP/c1-7-8-11(6,13)10(4,5)12-9(2)3/h9H,7-8,13H2,1-6H3. The van der Waals surface area contributed by atoms with E-state index in [-0.39, 0.29) is 10.8 Å². The fourth-order valence-electron chi connectivity index (χ4n) is 1.54. The lowest BCUT2D eigenvalue weighted by molar-refractivity contribution is -0.0785. The van der Waals surface area contributed by atoms with E-state index in [1.807, 2.05) is 0 Å². The van der Waals surface area contributed by atoms with Gasteiger partial charge in [-0.3, -0.25) is 0 Å². The second kappa shape index (κ2) is 4.75. The molecule has 0 rings (SSSR count). The zero-order valence-corrected chi connectivity index (χ0v) is 11.1. The van der Waals surface area contributed by atoms with Crippen molar-refractivity contribution in [1.82, 2.24) is 0 Å². The number of ether oxygens (including phenoxy) is 1. The molecule has 0 N–H and O–H groups in total. The van der Waals surface area contributed by atoms with E-state index in [4.69, 9.17) is 4.74 Å². The highest BCUT2D eigenvalue weighted by atomic mass is 31.0. The Kier molecular flexibility index (Phi) is 4.90. The lowest BCUT2D eigenvalue weighted by atomic mass is 9.87. The first kappa shape index (κ1) is 13.4. The third-order valence-electron chi connectivity index (χ3n) is 2.68. The van der Waals surface area contributed by atoms with E-state index >= 15 is 0 Å². The zero-order valence-electron chi connectivity index (χ0n) is 9.98. The molecule has 0 saturated heterocycles. The van der Waals surface area contributed by atoms with Crippen LogP contribution in [0.15, 0.2) is 0 Å². The molecule has 2 atom stereocenters. The molecule has 0 aliphatic carbocycles. The molecule has 2 unspecified atom stereocenters. The molecule has 0 heterocycles. The van der Waals surface area contributed by atoms with Crippen LogP contribution in [0.4, 0.5) is 0 Å². The van der Waals surface area contributed by atoms with Crippen LogP contribution in [0, 0.1) is 0 Å². The Morgan fingerprint density at radius 2 is 1.69 bits per heavy atom. The second-order valence-electron chi connectivity index (χ2n) is 4.84. The molecule has 2 heteroatoms. The number of hydrogen-bond acceptors (Lipinski definition) is 1. The summed E-state index contributed by atoms with van der Waals surface area (Å²) in [6.45, 7) is 13.0. The van der Waals surface area contributed by atoms with Crippen molar-refractivity contribution >= 4 is 9.24 Å². The van der Waals surface area contributed by atoms with E-state index in [9.17, 15) is 0 Å². The van der Waals surface area contributed by atoms with E-state index in [0.717, 1.165) is 0 Å². The van der Waals surface area contributed by atoms with Crippen LogP contribution in [0.2, 0.25) is 0 Å². The van der Waals surface area contributed by atoms with E-state index in [2.05, 4.69) is 50.8 Å². The Labute approximate surface area is 85.8 Å². The topological polar surface area (TPSA) is 9.23 Å². The maximum absolute atomic E-state index is 5.93. The molecule has 0 fully saturated rings. The lowest BCUT2D eigenvalue weighted by Gasteiger charge is -2.42. The minimum atomic E-state index is -0.0676. The van der Waals surface area contributed by atoms with Crippen LogP contribution in [0.3, 0.4) is 0 Å². The molecule has 0 aromatic heterocycles. The molecule has 13 heavy (non-hydrogen) atoms. The molecule has 0 aliphatic rings. The van der Waals surface area contributed by atoms with Crippen LogP contribution >= 0.6 is 9.24 Å². The smallest absolute Gasteiger partial charge is 0.0717 e. The fourth-order valence-corrected chi connectivity index (χ4v) is 1.90. The van der Waals surface area contributed by atoms with E-state index in [1.54, 1.807) is 0 Å². The summed E-state index contributed by atoms with van der Waals surface area (Å²) in [5, 5.41) is 0.173. The summed E-state index contributed by atoms with van der Waals surface area (Å²) in [5.41, 5.74) is -0.0676. The normalized spacial score (nSPS) is 17.5. The van der Waals surface area contributed by atoms with Crippen LogP contribution < -0.4 is 0 Å². The van der Waals surface area contributed by atoms with E-state index in [0.29, 0.717) is 6.10 Å². The highest BCUT2D eigenvalue weighted by Gasteiger charge is 2.37. The van der Waals surface area contributed by atoms with Crippen LogP contribution in [0.25, 0.3) is 0 Å². The molecule has 0 amide bonds. The third kappa shape index (κ3) is 3.95. The van der Waals surface area contributed by atoms with Gasteiger partial charge in [0.1, 0.15) is 0 Å². The van der Waals surface area contributed by atoms with Crippen molar-refractivity contribution in [3.05, 3.63) is 0 Å². The molecule has 0 saturated carbocycles. The van der Waals surface area contributed by atoms with Crippen LogP contribution in [-0.2, 0) is 4.74 Å². The molecule has 1 nitrogen and oxygen atoms in total. The van der Waals surface area contributed by atoms with Crippen molar-refractivity contribution in [2.45, 2.75) is 71.2 Å². The van der Waals surface area contributed by atoms with Gasteiger partial charge in [-0.25, -0.2) is 0 Å². The Balaban J connectivity index is 4.40. The first-order valence-electron chi connectivity index (χ1n) is 5.19. The zero-order chi connectivity index (χ0) is 10.7. The Hall–Kier alpha value is 0.390. The van der Waals surface area contributed by atoms with Crippen molar-refractivity contribution in [2.24, 2.45) is 0 Å².